The number of ether oxygens (including phenoxy) is 2. The van der Waals surface area contributed by atoms with Crippen LogP contribution in [0.25, 0.3) is 6.08 Å². The normalized spacial score (nSPS) is 14.5. The van der Waals surface area contributed by atoms with Crippen molar-refractivity contribution >= 4 is 40.6 Å². The number of methoxy groups -OCH3 is 1. The van der Waals surface area contributed by atoms with Crippen LogP contribution in [0.3, 0.4) is 0 Å². The summed E-state index contributed by atoms with van der Waals surface area (Å²) in [6, 6.07) is 30.9. The number of halogens is 1. The van der Waals surface area contributed by atoms with Crippen LogP contribution in [0.2, 0.25) is 5.02 Å². The molecule has 44 heavy (non-hydrogen) atoms. The second-order valence-corrected chi connectivity index (χ2v) is 11.6. The van der Waals surface area contributed by atoms with Gasteiger partial charge in [-0.15, -0.1) is 0 Å². The van der Waals surface area contributed by atoms with E-state index in [4.69, 9.17) is 26.1 Å². The summed E-state index contributed by atoms with van der Waals surface area (Å²) in [5, 5.41) is 3.61. The fourth-order valence-electron chi connectivity index (χ4n) is 5.09. The fourth-order valence-corrected chi connectivity index (χ4v) is 6.34. The van der Waals surface area contributed by atoms with E-state index in [1.54, 1.807) is 18.6 Å². The largest absolute Gasteiger partial charge is 0.497 e. The van der Waals surface area contributed by atoms with Crippen molar-refractivity contribution < 1.29 is 14.3 Å². The Hall–Kier alpha value is -4.92. The third-order valence-corrected chi connectivity index (χ3v) is 8.44. The first kappa shape index (κ1) is 29.2. The van der Waals surface area contributed by atoms with Crippen molar-refractivity contribution in [1.82, 2.24) is 4.57 Å². The maximum atomic E-state index is 14.1. The summed E-state index contributed by atoms with van der Waals surface area (Å²) >= 11 is 7.42. The van der Waals surface area contributed by atoms with E-state index in [9.17, 15) is 9.59 Å². The molecule has 1 aliphatic rings. The highest BCUT2D eigenvalue weighted by molar-refractivity contribution is 7.07. The van der Waals surface area contributed by atoms with Gasteiger partial charge in [-0.25, -0.2) is 4.99 Å². The molecule has 0 fully saturated rings. The first-order valence-electron chi connectivity index (χ1n) is 13.9. The van der Waals surface area contributed by atoms with Crippen LogP contribution in [0, 0.1) is 0 Å². The molecule has 0 bridgehead atoms. The average Bonchev–Trinajstić information content (AvgIpc) is 3.34. The topological polar surface area (TPSA) is 81.9 Å². The molecular formula is C35H28ClN3O4S. The van der Waals surface area contributed by atoms with Crippen LogP contribution in [-0.2, 0) is 11.4 Å². The third-order valence-electron chi connectivity index (χ3n) is 7.22. The molecule has 1 amide bonds. The molecule has 6 rings (SSSR count). The Balaban J connectivity index is 1.42. The summed E-state index contributed by atoms with van der Waals surface area (Å²) in [5.41, 5.74) is 3.77. The van der Waals surface area contributed by atoms with E-state index in [0.29, 0.717) is 49.4 Å². The van der Waals surface area contributed by atoms with Crippen molar-refractivity contribution in [2.75, 3.05) is 12.4 Å². The predicted molar refractivity (Wildman–Crippen MR) is 174 cm³/mol. The fraction of sp³-hybridized carbons (Fsp3) is 0.114. The number of aromatic nitrogens is 1. The molecule has 1 aromatic heterocycles. The number of carbonyl (C=O) groups is 1. The number of nitrogens with zero attached hydrogens (tertiary/aromatic N) is 2. The lowest BCUT2D eigenvalue weighted by Crippen LogP contribution is -2.40. The van der Waals surface area contributed by atoms with E-state index in [0.717, 1.165) is 16.7 Å². The summed E-state index contributed by atoms with van der Waals surface area (Å²) in [6.07, 6.45) is 1.81. The lowest BCUT2D eigenvalue weighted by atomic mass is 9.95. The molecule has 4 aromatic carbocycles. The molecule has 0 aliphatic carbocycles. The second kappa shape index (κ2) is 12.8. The van der Waals surface area contributed by atoms with Gasteiger partial charge in [-0.05, 0) is 66.6 Å². The predicted octanol–water partition coefficient (Wildman–Crippen LogP) is 6.11. The average molecular weight is 622 g/mol. The lowest BCUT2D eigenvalue weighted by molar-refractivity contribution is -0.113. The molecular weight excluding hydrogens is 594 g/mol. The number of nitrogens with one attached hydrogen (secondary N) is 1. The van der Waals surface area contributed by atoms with Gasteiger partial charge in [0, 0.05) is 16.3 Å². The highest BCUT2D eigenvalue weighted by atomic mass is 35.5. The number of fused-ring (bicyclic) bond motifs is 1. The van der Waals surface area contributed by atoms with Crippen molar-refractivity contribution in [3.63, 3.8) is 0 Å². The number of amides is 1. The van der Waals surface area contributed by atoms with Crippen LogP contribution >= 0.6 is 22.9 Å². The van der Waals surface area contributed by atoms with Crippen molar-refractivity contribution in [3.05, 3.63) is 156 Å². The summed E-state index contributed by atoms with van der Waals surface area (Å²) in [5.74, 6) is 0.975. The SMILES string of the molecule is COc1ccc([C@@H]2C(C(=O)Nc3ccccc3)=C(C)N=c3s/c(=C/c4ccccc4OCc4cccc(Cl)c4)c(=O)n32)cc1. The van der Waals surface area contributed by atoms with Crippen LogP contribution in [0.15, 0.2) is 124 Å². The zero-order valence-electron chi connectivity index (χ0n) is 24.0. The van der Waals surface area contributed by atoms with Gasteiger partial charge < -0.3 is 14.8 Å². The van der Waals surface area contributed by atoms with Gasteiger partial charge in [0.25, 0.3) is 11.5 Å². The van der Waals surface area contributed by atoms with Crippen molar-refractivity contribution in [1.29, 1.82) is 0 Å². The summed E-state index contributed by atoms with van der Waals surface area (Å²) in [4.78, 5) is 33.1. The third kappa shape index (κ3) is 6.08. The van der Waals surface area contributed by atoms with E-state index >= 15 is 0 Å². The van der Waals surface area contributed by atoms with Gasteiger partial charge in [0.15, 0.2) is 4.80 Å². The van der Waals surface area contributed by atoms with E-state index < -0.39 is 6.04 Å². The molecule has 7 nitrogen and oxygen atoms in total. The van der Waals surface area contributed by atoms with Crippen LogP contribution in [-0.4, -0.2) is 17.6 Å². The molecule has 5 aromatic rings. The minimum Gasteiger partial charge on any atom is -0.497 e. The van der Waals surface area contributed by atoms with Gasteiger partial charge in [-0.2, -0.15) is 0 Å². The molecule has 0 spiro atoms. The molecule has 220 valence electrons. The van der Waals surface area contributed by atoms with Gasteiger partial charge in [0.1, 0.15) is 18.1 Å². The first-order chi connectivity index (χ1) is 21.4. The Morgan fingerprint density at radius 3 is 2.50 bits per heavy atom. The van der Waals surface area contributed by atoms with Gasteiger partial charge >= 0.3 is 0 Å². The molecule has 1 aliphatic heterocycles. The van der Waals surface area contributed by atoms with Crippen LogP contribution in [0.5, 0.6) is 11.5 Å². The number of thiazole rings is 1. The smallest absolute Gasteiger partial charge is 0.271 e. The highest BCUT2D eigenvalue weighted by Gasteiger charge is 2.32. The monoisotopic (exact) mass is 621 g/mol. The highest BCUT2D eigenvalue weighted by Crippen LogP contribution is 2.32. The molecule has 0 saturated carbocycles. The standard InChI is InChI=1S/C35H28ClN3O4S/c1-22-31(33(40)38-27-12-4-3-5-13-27)32(24-15-17-28(42-2)18-16-24)39-34(41)30(44-35(39)37-22)20-25-10-6-7-14-29(25)43-21-23-9-8-11-26(36)19-23/h3-20,32H,21H2,1-2H3,(H,38,40)/b30-20+/t32-/m1/s1. The Labute approximate surface area is 263 Å². The maximum Gasteiger partial charge on any atom is 0.271 e. The Kier molecular flexibility index (Phi) is 8.45. The van der Waals surface area contributed by atoms with Crippen LogP contribution in [0.4, 0.5) is 5.69 Å². The zero-order valence-corrected chi connectivity index (χ0v) is 25.6. The molecule has 1 atom stereocenters. The number of benzene rings is 4. The van der Waals surface area contributed by atoms with E-state index in [2.05, 4.69) is 5.32 Å². The number of rotatable bonds is 8. The van der Waals surface area contributed by atoms with Crippen LogP contribution < -0.4 is 29.7 Å². The molecule has 0 radical (unpaired) electrons. The second-order valence-electron chi connectivity index (χ2n) is 10.1. The van der Waals surface area contributed by atoms with Crippen molar-refractivity contribution in [2.24, 2.45) is 4.99 Å². The molecule has 0 unspecified atom stereocenters. The minimum atomic E-state index is -0.697. The molecule has 1 N–H and O–H groups in total. The first-order valence-corrected chi connectivity index (χ1v) is 15.1. The van der Waals surface area contributed by atoms with E-state index in [-0.39, 0.29) is 11.5 Å². The summed E-state index contributed by atoms with van der Waals surface area (Å²) in [7, 11) is 1.59. The number of hydrogen-bond acceptors (Lipinski definition) is 6. The maximum absolute atomic E-state index is 14.1. The summed E-state index contributed by atoms with van der Waals surface area (Å²) < 4.78 is 13.6. The van der Waals surface area contributed by atoms with Crippen molar-refractivity contribution in [2.45, 2.75) is 19.6 Å². The van der Waals surface area contributed by atoms with Crippen LogP contribution in [0.1, 0.15) is 29.7 Å². The number of para-hydroxylation sites is 2. The van der Waals surface area contributed by atoms with E-state index in [1.807, 2.05) is 109 Å². The van der Waals surface area contributed by atoms with Gasteiger partial charge in [-0.1, -0.05) is 83.6 Å². The molecule has 0 saturated heterocycles. The van der Waals surface area contributed by atoms with E-state index in [1.165, 1.54) is 11.3 Å². The Bertz CT molecular complexity index is 2050. The van der Waals surface area contributed by atoms with Gasteiger partial charge in [-0.3, -0.25) is 14.2 Å². The quantitative estimate of drug-likeness (QED) is 0.227. The summed E-state index contributed by atoms with van der Waals surface area (Å²) in [6.45, 7) is 2.12. The number of hydrogen-bond donors (Lipinski definition) is 1. The van der Waals surface area contributed by atoms with Gasteiger partial charge in [0.2, 0.25) is 0 Å². The number of allylic oxidation sites excluding steroid dienone is 1. The number of carbonyl (C=O) groups excluding carboxylic acids is 1. The number of anilines is 1. The Morgan fingerprint density at radius 1 is 1.00 bits per heavy atom. The molecule has 2 heterocycles. The Morgan fingerprint density at radius 2 is 1.75 bits per heavy atom. The zero-order chi connectivity index (χ0) is 30.6. The van der Waals surface area contributed by atoms with Gasteiger partial charge in [0.05, 0.1) is 29.0 Å². The molecule has 9 heteroatoms. The van der Waals surface area contributed by atoms with Crippen molar-refractivity contribution in [3.8, 4) is 11.5 Å². The minimum absolute atomic E-state index is 0.253. The lowest BCUT2D eigenvalue weighted by Gasteiger charge is -2.25.